The van der Waals surface area contributed by atoms with Gasteiger partial charge >= 0.3 is 0 Å². The molecule has 0 heterocycles. The smallest absolute Gasteiger partial charge is 0.220 e. The molecule has 0 bridgehead atoms. The van der Waals surface area contributed by atoms with E-state index >= 15 is 0 Å². The van der Waals surface area contributed by atoms with Gasteiger partial charge in [0.2, 0.25) is 5.91 Å². The lowest BCUT2D eigenvalue weighted by Gasteiger charge is -2.07. The maximum atomic E-state index is 11.5. The van der Waals surface area contributed by atoms with Crippen molar-refractivity contribution in [3.63, 3.8) is 0 Å². The molecule has 0 unspecified atom stereocenters. The van der Waals surface area contributed by atoms with Gasteiger partial charge in [-0.2, -0.15) is 0 Å². The minimum absolute atomic E-state index is 0. The SMILES string of the molecule is Cc1cccc(-c2ccc(CNC(=O)CCCN)cc2)c1.Cl. The van der Waals surface area contributed by atoms with Crippen LogP contribution in [0, 0.1) is 6.92 Å². The van der Waals surface area contributed by atoms with E-state index in [0.717, 1.165) is 12.0 Å². The quantitative estimate of drug-likeness (QED) is 0.857. The molecule has 4 heteroatoms. The minimum Gasteiger partial charge on any atom is -0.352 e. The molecule has 2 aromatic carbocycles. The molecule has 1 amide bonds. The molecule has 0 aliphatic carbocycles. The van der Waals surface area contributed by atoms with Gasteiger partial charge in [-0.3, -0.25) is 4.79 Å². The summed E-state index contributed by atoms with van der Waals surface area (Å²) in [6, 6.07) is 16.7. The monoisotopic (exact) mass is 318 g/mol. The van der Waals surface area contributed by atoms with Crippen LogP contribution in [-0.2, 0) is 11.3 Å². The Labute approximate surface area is 138 Å². The zero-order chi connectivity index (χ0) is 15.1. The number of aryl methyl sites for hydroxylation is 1. The fourth-order valence-corrected chi connectivity index (χ4v) is 2.19. The van der Waals surface area contributed by atoms with E-state index in [4.69, 9.17) is 5.73 Å². The second kappa shape index (κ2) is 9.23. The van der Waals surface area contributed by atoms with Crippen molar-refractivity contribution in [3.8, 4) is 11.1 Å². The minimum atomic E-state index is 0. The lowest BCUT2D eigenvalue weighted by atomic mass is 10.0. The molecule has 0 spiro atoms. The van der Waals surface area contributed by atoms with Crippen molar-refractivity contribution in [1.29, 1.82) is 0 Å². The number of nitrogens with one attached hydrogen (secondary N) is 1. The van der Waals surface area contributed by atoms with E-state index in [9.17, 15) is 4.79 Å². The van der Waals surface area contributed by atoms with E-state index in [2.05, 4.69) is 60.8 Å². The summed E-state index contributed by atoms with van der Waals surface area (Å²) >= 11 is 0. The van der Waals surface area contributed by atoms with E-state index in [1.54, 1.807) is 0 Å². The van der Waals surface area contributed by atoms with Gasteiger partial charge in [0, 0.05) is 13.0 Å². The number of rotatable bonds is 6. The first-order valence-electron chi connectivity index (χ1n) is 7.32. The molecule has 3 nitrogen and oxygen atoms in total. The van der Waals surface area contributed by atoms with Crippen LogP contribution in [0.1, 0.15) is 24.0 Å². The summed E-state index contributed by atoms with van der Waals surface area (Å²) in [5.74, 6) is 0.0585. The van der Waals surface area contributed by atoms with Crippen LogP contribution >= 0.6 is 12.4 Å². The highest BCUT2D eigenvalue weighted by Crippen LogP contribution is 2.20. The summed E-state index contributed by atoms with van der Waals surface area (Å²) in [4.78, 5) is 11.5. The molecule has 3 N–H and O–H groups in total. The number of nitrogens with two attached hydrogens (primary N) is 1. The maximum absolute atomic E-state index is 11.5. The van der Waals surface area contributed by atoms with Crippen molar-refractivity contribution in [2.75, 3.05) is 6.54 Å². The molecule has 0 radical (unpaired) electrons. The summed E-state index contributed by atoms with van der Waals surface area (Å²) in [6.07, 6.45) is 1.23. The first-order valence-corrected chi connectivity index (χ1v) is 7.32. The lowest BCUT2D eigenvalue weighted by Crippen LogP contribution is -2.23. The number of hydrogen-bond acceptors (Lipinski definition) is 2. The Morgan fingerprint density at radius 1 is 1.09 bits per heavy atom. The van der Waals surface area contributed by atoms with Gasteiger partial charge in [0.05, 0.1) is 0 Å². The van der Waals surface area contributed by atoms with Crippen LogP contribution in [0.2, 0.25) is 0 Å². The second-order valence-corrected chi connectivity index (χ2v) is 5.24. The number of carbonyl (C=O) groups excluding carboxylic acids is 1. The molecular formula is C18H23ClN2O. The fourth-order valence-electron chi connectivity index (χ4n) is 2.19. The number of amides is 1. The van der Waals surface area contributed by atoms with Gasteiger partial charge in [0.25, 0.3) is 0 Å². The standard InChI is InChI=1S/C18H22N2O.ClH/c1-14-4-2-5-17(12-14)16-9-7-15(8-10-16)13-20-18(21)6-3-11-19;/h2,4-5,7-10,12H,3,6,11,13,19H2,1H3,(H,20,21);1H. The first kappa shape index (κ1) is 18.2. The molecule has 2 rings (SSSR count). The molecule has 22 heavy (non-hydrogen) atoms. The Bertz CT molecular complexity index is 596. The first-order chi connectivity index (χ1) is 10.2. The van der Waals surface area contributed by atoms with Crippen LogP contribution in [-0.4, -0.2) is 12.5 Å². The van der Waals surface area contributed by atoms with Gasteiger partial charge < -0.3 is 11.1 Å². The third-order valence-electron chi connectivity index (χ3n) is 3.40. The molecule has 0 aliphatic heterocycles. The van der Waals surface area contributed by atoms with E-state index in [0.29, 0.717) is 19.5 Å². The zero-order valence-electron chi connectivity index (χ0n) is 12.8. The summed E-state index contributed by atoms with van der Waals surface area (Å²) < 4.78 is 0. The zero-order valence-corrected chi connectivity index (χ0v) is 13.7. The molecule has 118 valence electrons. The largest absolute Gasteiger partial charge is 0.352 e. The van der Waals surface area contributed by atoms with Crippen molar-refractivity contribution in [1.82, 2.24) is 5.32 Å². The Balaban J connectivity index is 0.00000242. The van der Waals surface area contributed by atoms with Gasteiger partial charge in [-0.05, 0) is 36.6 Å². The highest BCUT2D eigenvalue weighted by atomic mass is 35.5. The summed E-state index contributed by atoms with van der Waals surface area (Å²) in [6.45, 7) is 3.21. The van der Waals surface area contributed by atoms with Crippen molar-refractivity contribution in [2.24, 2.45) is 5.73 Å². The van der Waals surface area contributed by atoms with Crippen molar-refractivity contribution in [2.45, 2.75) is 26.3 Å². The lowest BCUT2D eigenvalue weighted by molar-refractivity contribution is -0.121. The van der Waals surface area contributed by atoms with Crippen LogP contribution in [0.25, 0.3) is 11.1 Å². The van der Waals surface area contributed by atoms with E-state index in [1.165, 1.54) is 16.7 Å². The summed E-state index contributed by atoms with van der Waals surface area (Å²) in [7, 11) is 0. The van der Waals surface area contributed by atoms with Crippen molar-refractivity contribution < 1.29 is 4.79 Å². The highest BCUT2D eigenvalue weighted by Gasteiger charge is 2.02. The third-order valence-corrected chi connectivity index (χ3v) is 3.40. The van der Waals surface area contributed by atoms with Gasteiger partial charge in [0.15, 0.2) is 0 Å². The summed E-state index contributed by atoms with van der Waals surface area (Å²) in [5, 5.41) is 2.91. The van der Waals surface area contributed by atoms with Gasteiger partial charge in [-0.15, -0.1) is 12.4 Å². The van der Waals surface area contributed by atoms with Gasteiger partial charge in [-0.1, -0.05) is 54.1 Å². The Hall–Kier alpha value is -1.84. The Morgan fingerprint density at radius 2 is 1.82 bits per heavy atom. The summed E-state index contributed by atoms with van der Waals surface area (Å²) in [5.41, 5.74) is 10.2. The van der Waals surface area contributed by atoms with E-state index < -0.39 is 0 Å². The number of benzene rings is 2. The fraction of sp³-hybridized carbons (Fsp3) is 0.278. The number of halogens is 1. The third kappa shape index (κ3) is 5.51. The van der Waals surface area contributed by atoms with Crippen LogP contribution in [0.3, 0.4) is 0 Å². The van der Waals surface area contributed by atoms with Crippen molar-refractivity contribution >= 4 is 18.3 Å². The van der Waals surface area contributed by atoms with Gasteiger partial charge in [0.1, 0.15) is 0 Å². The number of carbonyl (C=O) groups is 1. The Kier molecular flexibility index (Phi) is 7.64. The average Bonchev–Trinajstić information content (AvgIpc) is 2.51. The predicted octanol–water partition coefficient (Wildman–Crippen LogP) is 3.44. The molecule has 0 saturated carbocycles. The topological polar surface area (TPSA) is 55.1 Å². The van der Waals surface area contributed by atoms with Gasteiger partial charge in [-0.25, -0.2) is 0 Å². The Morgan fingerprint density at radius 3 is 2.45 bits per heavy atom. The predicted molar refractivity (Wildman–Crippen MR) is 94.0 cm³/mol. The van der Waals surface area contributed by atoms with Crippen LogP contribution in [0.15, 0.2) is 48.5 Å². The molecule has 0 aliphatic rings. The van der Waals surface area contributed by atoms with E-state index in [-0.39, 0.29) is 18.3 Å². The second-order valence-electron chi connectivity index (χ2n) is 5.24. The van der Waals surface area contributed by atoms with Crippen LogP contribution in [0.4, 0.5) is 0 Å². The molecular weight excluding hydrogens is 296 g/mol. The van der Waals surface area contributed by atoms with E-state index in [1.807, 2.05) is 0 Å². The molecule has 0 aromatic heterocycles. The molecule has 2 aromatic rings. The normalized spacial score (nSPS) is 9.91. The average molecular weight is 319 g/mol. The molecule has 0 fully saturated rings. The maximum Gasteiger partial charge on any atom is 0.220 e. The van der Waals surface area contributed by atoms with Crippen LogP contribution in [0.5, 0.6) is 0 Å². The number of hydrogen-bond donors (Lipinski definition) is 2. The molecule has 0 saturated heterocycles. The highest BCUT2D eigenvalue weighted by molar-refractivity contribution is 5.85. The molecule has 0 atom stereocenters. The van der Waals surface area contributed by atoms with Crippen molar-refractivity contribution in [3.05, 3.63) is 59.7 Å². The van der Waals surface area contributed by atoms with Crippen LogP contribution < -0.4 is 11.1 Å².